The SMILES string of the molecule is CCOc1cc(/C(=N\N)C(=O)c2cc(C)[nH]n2)ccc1OC(=O)c1ccc([N+](=O)[O-])cc1. The number of hydrazone groups is 1. The average Bonchev–Trinajstić information content (AvgIpc) is 3.22. The highest BCUT2D eigenvalue weighted by atomic mass is 16.6. The Hall–Kier alpha value is -4.54. The summed E-state index contributed by atoms with van der Waals surface area (Å²) >= 11 is 0. The number of nitrogens with one attached hydrogen (secondary N) is 1. The topological polar surface area (TPSA) is 163 Å². The molecule has 0 fully saturated rings. The van der Waals surface area contributed by atoms with Crippen LogP contribution in [0.15, 0.2) is 53.6 Å². The number of aromatic nitrogens is 2. The molecular weight excluding hydrogens is 418 g/mol. The summed E-state index contributed by atoms with van der Waals surface area (Å²) in [6, 6.07) is 11.0. The summed E-state index contributed by atoms with van der Waals surface area (Å²) in [6.45, 7) is 3.75. The number of ketones is 1. The number of hydrogen-bond acceptors (Lipinski definition) is 9. The van der Waals surface area contributed by atoms with E-state index in [1.807, 2.05) is 0 Å². The average molecular weight is 437 g/mol. The number of Topliss-reactive ketones (excluding diaryl/α,β-unsaturated/α-hetero) is 1. The lowest BCUT2D eigenvalue weighted by molar-refractivity contribution is -0.384. The van der Waals surface area contributed by atoms with E-state index in [4.69, 9.17) is 15.3 Å². The van der Waals surface area contributed by atoms with Gasteiger partial charge in [-0.2, -0.15) is 10.2 Å². The van der Waals surface area contributed by atoms with Crippen LogP contribution in [0.2, 0.25) is 0 Å². The molecule has 0 saturated carbocycles. The number of non-ortho nitro benzene ring substituents is 1. The first-order valence-corrected chi connectivity index (χ1v) is 9.42. The molecule has 1 aromatic heterocycles. The van der Waals surface area contributed by atoms with E-state index in [1.54, 1.807) is 19.9 Å². The van der Waals surface area contributed by atoms with Crippen molar-refractivity contribution in [3.63, 3.8) is 0 Å². The number of nitrogens with two attached hydrogens (primary N) is 1. The Balaban J connectivity index is 1.87. The van der Waals surface area contributed by atoms with Crippen molar-refractivity contribution in [2.45, 2.75) is 13.8 Å². The van der Waals surface area contributed by atoms with Gasteiger partial charge in [-0.1, -0.05) is 0 Å². The number of carbonyl (C=O) groups excluding carboxylic acids is 2. The minimum atomic E-state index is -0.732. The number of aromatic amines is 1. The number of benzene rings is 2. The van der Waals surface area contributed by atoms with Gasteiger partial charge in [-0.15, -0.1) is 0 Å². The molecule has 0 aliphatic heterocycles. The first-order chi connectivity index (χ1) is 15.3. The molecular formula is C21H19N5O6. The quantitative estimate of drug-likeness (QED) is 0.103. The van der Waals surface area contributed by atoms with Gasteiger partial charge in [0.1, 0.15) is 11.4 Å². The zero-order valence-electron chi connectivity index (χ0n) is 17.2. The van der Waals surface area contributed by atoms with E-state index in [2.05, 4.69) is 15.3 Å². The predicted molar refractivity (Wildman–Crippen MR) is 114 cm³/mol. The third-order valence-corrected chi connectivity index (χ3v) is 4.32. The Kier molecular flexibility index (Phi) is 6.59. The fraction of sp³-hybridized carbons (Fsp3) is 0.143. The van der Waals surface area contributed by atoms with Crippen LogP contribution in [0.4, 0.5) is 5.69 Å². The van der Waals surface area contributed by atoms with Gasteiger partial charge >= 0.3 is 5.97 Å². The summed E-state index contributed by atoms with van der Waals surface area (Å²) in [5.74, 6) is 4.52. The molecule has 3 N–H and O–H groups in total. The van der Waals surface area contributed by atoms with E-state index in [9.17, 15) is 19.7 Å². The molecule has 3 rings (SSSR count). The van der Waals surface area contributed by atoms with E-state index < -0.39 is 16.7 Å². The highest BCUT2D eigenvalue weighted by molar-refractivity contribution is 6.51. The number of rotatable bonds is 8. The molecule has 0 aliphatic rings. The number of nitro groups is 1. The van der Waals surface area contributed by atoms with Gasteiger partial charge < -0.3 is 15.3 Å². The molecule has 11 heteroatoms. The molecule has 32 heavy (non-hydrogen) atoms. The maximum Gasteiger partial charge on any atom is 0.343 e. The zero-order chi connectivity index (χ0) is 23.3. The summed E-state index contributed by atoms with van der Waals surface area (Å²) in [7, 11) is 0. The van der Waals surface area contributed by atoms with Crippen molar-refractivity contribution in [3.05, 3.63) is 81.2 Å². The highest BCUT2D eigenvalue weighted by Gasteiger charge is 2.22. The van der Waals surface area contributed by atoms with Crippen molar-refractivity contribution in [2.24, 2.45) is 10.9 Å². The van der Waals surface area contributed by atoms with Crippen molar-refractivity contribution in [3.8, 4) is 11.5 Å². The number of aryl methyl sites for hydroxylation is 1. The summed E-state index contributed by atoms with van der Waals surface area (Å²) in [4.78, 5) is 35.4. The second-order valence-electron chi connectivity index (χ2n) is 6.53. The van der Waals surface area contributed by atoms with E-state index in [0.717, 1.165) is 0 Å². The van der Waals surface area contributed by atoms with Crippen LogP contribution in [0.5, 0.6) is 11.5 Å². The van der Waals surface area contributed by atoms with Gasteiger partial charge in [0.25, 0.3) is 5.69 Å². The van der Waals surface area contributed by atoms with Crippen LogP contribution >= 0.6 is 0 Å². The second-order valence-corrected chi connectivity index (χ2v) is 6.53. The first kappa shape index (κ1) is 22.2. The van der Waals surface area contributed by atoms with Crippen molar-refractivity contribution in [1.82, 2.24) is 10.2 Å². The van der Waals surface area contributed by atoms with Gasteiger partial charge in [0.15, 0.2) is 11.5 Å². The van der Waals surface area contributed by atoms with Crippen LogP contribution in [-0.2, 0) is 0 Å². The first-order valence-electron chi connectivity index (χ1n) is 9.42. The van der Waals surface area contributed by atoms with E-state index in [-0.39, 0.29) is 40.8 Å². The second kappa shape index (κ2) is 9.51. The molecule has 0 bridgehead atoms. The van der Waals surface area contributed by atoms with Gasteiger partial charge in [0.2, 0.25) is 5.78 Å². The number of nitro benzene ring substituents is 1. The number of esters is 1. The van der Waals surface area contributed by atoms with Crippen LogP contribution in [0.3, 0.4) is 0 Å². The van der Waals surface area contributed by atoms with E-state index in [0.29, 0.717) is 11.3 Å². The number of H-pyrrole nitrogens is 1. The van der Waals surface area contributed by atoms with Crippen molar-refractivity contribution < 1.29 is 24.0 Å². The third kappa shape index (κ3) is 4.78. The molecule has 164 valence electrons. The van der Waals surface area contributed by atoms with Gasteiger partial charge in [0.05, 0.1) is 17.1 Å². The van der Waals surface area contributed by atoms with Crippen LogP contribution in [0.25, 0.3) is 0 Å². The lowest BCUT2D eigenvalue weighted by Gasteiger charge is -2.12. The molecule has 2 aromatic carbocycles. The summed E-state index contributed by atoms with van der Waals surface area (Å²) in [6.07, 6.45) is 0. The molecule has 0 radical (unpaired) electrons. The van der Waals surface area contributed by atoms with Crippen molar-refractivity contribution in [1.29, 1.82) is 0 Å². The van der Waals surface area contributed by atoms with Crippen molar-refractivity contribution >= 4 is 23.2 Å². The van der Waals surface area contributed by atoms with E-state index in [1.165, 1.54) is 42.5 Å². The monoisotopic (exact) mass is 437 g/mol. The van der Waals surface area contributed by atoms with E-state index >= 15 is 0 Å². The predicted octanol–water partition coefficient (Wildman–Crippen LogP) is 2.79. The Morgan fingerprint density at radius 1 is 1.12 bits per heavy atom. The normalized spacial score (nSPS) is 11.1. The number of ether oxygens (including phenoxy) is 2. The van der Waals surface area contributed by atoms with Crippen LogP contribution in [0, 0.1) is 17.0 Å². The smallest absolute Gasteiger partial charge is 0.343 e. The standard InChI is InChI=1S/C21H19N5O6/c1-3-31-18-11-14(19(23-22)20(27)16-10-12(2)24-25-16)6-9-17(18)32-21(28)13-4-7-15(8-5-13)26(29)30/h4-11H,3,22H2,1-2H3,(H,24,25)/b23-19+. The lowest BCUT2D eigenvalue weighted by Crippen LogP contribution is -2.19. The third-order valence-electron chi connectivity index (χ3n) is 4.32. The minimum absolute atomic E-state index is 0.0503. The molecule has 0 saturated heterocycles. The maximum absolute atomic E-state index is 12.7. The molecule has 0 spiro atoms. The fourth-order valence-electron chi connectivity index (χ4n) is 2.81. The fourth-order valence-corrected chi connectivity index (χ4v) is 2.81. The molecule has 0 unspecified atom stereocenters. The molecule has 0 atom stereocenters. The number of nitrogens with zero attached hydrogens (tertiary/aromatic N) is 3. The Labute approximate surface area is 182 Å². The van der Waals surface area contributed by atoms with Crippen LogP contribution in [-0.4, -0.2) is 39.2 Å². The van der Waals surface area contributed by atoms with Crippen LogP contribution in [0.1, 0.15) is 39.0 Å². The lowest BCUT2D eigenvalue weighted by atomic mass is 10.0. The summed E-state index contributed by atoms with van der Waals surface area (Å²) < 4.78 is 10.9. The largest absolute Gasteiger partial charge is 0.490 e. The summed E-state index contributed by atoms with van der Waals surface area (Å²) in [5.41, 5.74) is 1.12. The number of hydrogen-bond donors (Lipinski definition) is 2. The van der Waals surface area contributed by atoms with Crippen molar-refractivity contribution in [2.75, 3.05) is 6.61 Å². The highest BCUT2D eigenvalue weighted by Crippen LogP contribution is 2.30. The van der Waals surface area contributed by atoms with Gasteiger partial charge in [-0.25, -0.2) is 4.79 Å². The molecule has 11 nitrogen and oxygen atoms in total. The molecule has 3 aromatic rings. The van der Waals surface area contributed by atoms with Gasteiger partial charge in [-0.3, -0.25) is 20.0 Å². The minimum Gasteiger partial charge on any atom is -0.490 e. The Morgan fingerprint density at radius 3 is 2.38 bits per heavy atom. The Morgan fingerprint density at radius 2 is 1.81 bits per heavy atom. The summed E-state index contributed by atoms with van der Waals surface area (Å²) in [5, 5.41) is 21.0. The number of carbonyl (C=O) groups is 2. The molecule has 0 aliphatic carbocycles. The van der Waals surface area contributed by atoms with Crippen LogP contribution < -0.4 is 15.3 Å². The molecule has 1 heterocycles. The van der Waals surface area contributed by atoms with Gasteiger partial charge in [0, 0.05) is 23.4 Å². The Bertz CT molecular complexity index is 1200. The zero-order valence-corrected chi connectivity index (χ0v) is 17.2. The molecule has 0 amide bonds. The van der Waals surface area contributed by atoms with Gasteiger partial charge in [-0.05, 0) is 50.2 Å². The maximum atomic E-state index is 12.7.